The Morgan fingerprint density at radius 2 is 0.600 bits per heavy atom. The minimum atomic E-state index is 0. The molecule has 4 heteroatoms. The van der Waals surface area contributed by atoms with Crippen LogP contribution in [0.5, 0.6) is 0 Å². The molecule has 0 unspecified atom stereocenters. The first-order valence-corrected chi connectivity index (χ1v) is 0. The van der Waals surface area contributed by atoms with Crippen LogP contribution in [0, 0.1) is 0 Å². The van der Waals surface area contributed by atoms with Gasteiger partial charge in [-0.25, -0.2) is 0 Å². The summed E-state index contributed by atoms with van der Waals surface area (Å²) in [6.45, 7) is 0. The predicted molar refractivity (Wildman–Crippen MR) is 14.2 cm³/mol. The molecule has 38 valence electrons. The maximum absolute atomic E-state index is 0. The van der Waals surface area contributed by atoms with E-state index in [1.807, 2.05) is 0 Å². The summed E-state index contributed by atoms with van der Waals surface area (Å²) in [5.41, 5.74) is 0. The second kappa shape index (κ2) is 459. The molecule has 0 nitrogen and oxygen atoms in total. The first-order chi connectivity index (χ1) is 0. The molecule has 0 aromatic rings. The van der Waals surface area contributed by atoms with Crippen LogP contribution in [0.25, 0.3) is 0 Å². The zero-order valence-corrected chi connectivity index (χ0v) is 2.91. The van der Waals surface area contributed by atoms with Gasteiger partial charge in [0.25, 0.3) is 0 Å². The van der Waals surface area contributed by atoms with Gasteiger partial charge >= 0.3 is 0 Å². The van der Waals surface area contributed by atoms with Crippen molar-refractivity contribution < 1.29 is 31.5 Å². The van der Waals surface area contributed by atoms with Crippen molar-refractivity contribution in [3.63, 3.8) is 0 Å². The minimum Gasteiger partial charge on any atom is -0.269 e. The largest absolute Gasteiger partial charge is 0.269 e. The summed E-state index contributed by atoms with van der Waals surface area (Å²) in [6, 6.07) is 0. The molecular weight excluding hydrogens is 121 g/mol. The first kappa shape index (κ1) is 956. The molecule has 5 heavy (non-hydrogen) atoms. The fraction of sp³-hybridized carbons (Fsp3) is 1.00. The zero-order chi connectivity index (χ0) is 0. The van der Waals surface area contributed by atoms with Gasteiger partial charge in [0, 0.05) is 17.4 Å². The molecule has 0 saturated carbocycles. The summed E-state index contributed by atoms with van der Waals surface area (Å²) in [7, 11) is 0. The third-order valence-corrected chi connectivity index (χ3v) is 0. The van der Waals surface area contributed by atoms with Crippen LogP contribution in [-0.4, -0.2) is 0 Å². The van der Waals surface area contributed by atoms with Crippen molar-refractivity contribution in [2.75, 3.05) is 0 Å². The van der Waals surface area contributed by atoms with E-state index in [0.717, 1.165) is 0 Å². The normalized spacial score (nSPS) is 0. The van der Waals surface area contributed by atoms with Crippen molar-refractivity contribution in [2.24, 2.45) is 0 Å². The van der Waals surface area contributed by atoms with E-state index < -0.39 is 0 Å². The Balaban J connectivity index is 0. The van der Waals surface area contributed by atoms with E-state index in [-0.39, 0.29) is 38.9 Å². The predicted octanol–water partition coefficient (Wildman–Crippen LogP) is 1.09. The molecule has 0 atom stereocenters. The summed E-state index contributed by atoms with van der Waals surface area (Å²) in [6.07, 6.45) is 0. The van der Waals surface area contributed by atoms with Gasteiger partial charge in [-0.1, -0.05) is 7.43 Å². The maximum Gasteiger partial charge on any atom is 0 e. The molecule has 0 aliphatic carbocycles. The van der Waals surface area contributed by atoms with Crippen LogP contribution in [0.1, 0.15) is 7.43 Å². The topological polar surface area (TPSA) is 0 Å². The molecule has 0 bridgehead atoms. The van der Waals surface area contributed by atoms with Gasteiger partial charge < -0.3 is 0 Å². The van der Waals surface area contributed by atoms with Crippen LogP contribution in [-0.2, 0) is 17.4 Å². The Morgan fingerprint density at radius 3 is 0.600 bits per heavy atom. The van der Waals surface area contributed by atoms with Crippen LogP contribution in [0.3, 0.4) is 0 Å². The van der Waals surface area contributed by atoms with Gasteiger partial charge in [-0.2, -0.15) is 0 Å². The van der Waals surface area contributed by atoms with Gasteiger partial charge in [-0.05, 0) is 0 Å². The molecule has 0 spiro atoms. The standard InChI is InChI=1S/CH4.Cr.3FH/h1H4;;3*1H. The molecule has 0 aliphatic heterocycles. The van der Waals surface area contributed by atoms with E-state index >= 15 is 0 Å². The van der Waals surface area contributed by atoms with E-state index in [1.165, 1.54) is 0 Å². The van der Waals surface area contributed by atoms with E-state index in [2.05, 4.69) is 0 Å². The minimum absolute atomic E-state index is 0. The molecule has 0 fully saturated rings. The molecule has 0 saturated heterocycles. The SMILES string of the molecule is C.F.F.F.[Cr]. The van der Waals surface area contributed by atoms with Crippen molar-refractivity contribution in [1.29, 1.82) is 0 Å². The van der Waals surface area contributed by atoms with Crippen molar-refractivity contribution in [3.8, 4) is 0 Å². The van der Waals surface area contributed by atoms with Crippen LogP contribution >= 0.6 is 0 Å². The molecule has 0 heterocycles. The quantitative estimate of drug-likeness (QED) is 0.458. The zero-order valence-electron chi connectivity index (χ0n) is 1.63. The average Bonchev–Trinajstić information content (AvgIpc) is 0. The average molecular weight is 128 g/mol. The fourth-order valence-corrected chi connectivity index (χ4v) is 0. The summed E-state index contributed by atoms with van der Waals surface area (Å²) in [4.78, 5) is 0. The van der Waals surface area contributed by atoms with Gasteiger partial charge in [0.1, 0.15) is 0 Å². The Kier molecular flexibility index (Phi) is 87800. The Labute approximate surface area is 39.8 Å². The number of hydrogen-bond acceptors (Lipinski definition) is 0. The smallest absolute Gasteiger partial charge is 0 e. The third-order valence-electron chi connectivity index (χ3n) is 0. The molecule has 0 aliphatic rings. The monoisotopic (exact) mass is 128 g/mol. The first-order valence-electron chi connectivity index (χ1n) is 0. The summed E-state index contributed by atoms with van der Waals surface area (Å²) < 4.78 is 0. The van der Waals surface area contributed by atoms with Crippen LogP contribution < -0.4 is 0 Å². The van der Waals surface area contributed by atoms with Gasteiger partial charge in [-0.3, -0.25) is 14.1 Å². The summed E-state index contributed by atoms with van der Waals surface area (Å²) in [5.74, 6) is 0. The van der Waals surface area contributed by atoms with Crippen LogP contribution in [0.15, 0.2) is 0 Å². The molecule has 0 rings (SSSR count). The molecule has 0 N–H and O–H groups in total. The van der Waals surface area contributed by atoms with Crippen molar-refractivity contribution >= 4 is 0 Å². The Morgan fingerprint density at radius 1 is 0.600 bits per heavy atom. The second-order valence-corrected chi connectivity index (χ2v) is 0. The Hall–Kier alpha value is 0.322. The fourth-order valence-electron chi connectivity index (χ4n) is 0. The van der Waals surface area contributed by atoms with Gasteiger partial charge in [0.2, 0.25) is 0 Å². The van der Waals surface area contributed by atoms with E-state index in [4.69, 9.17) is 0 Å². The Bertz CT molecular complexity index is 6.85. The molecule has 0 amide bonds. The van der Waals surface area contributed by atoms with Crippen molar-refractivity contribution in [2.45, 2.75) is 7.43 Å². The van der Waals surface area contributed by atoms with E-state index in [1.54, 1.807) is 0 Å². The van der Waals surface area contributed by atoms with Gasteiger partial charge in [-0.15, -0.1) is 0 Å². The van der Waals surface area contributed by atoms with Crippen LogP contribution in [0.2, 0.25) is 0 Å². The maximum atomic E-state index is 0. The number of hydrogen-bond donors (Lipinski definition) is 0. The van der Waals surface area contributed by atoms with Gasteiger partial charge in [0.05, 0.1) is 0 Å². The van der Waals surface area contributed by atoms with Crippen molar-refractivity contribution in [3.05, 3.63) is 0 Å². The van der Waals surface area contributed by atoms with Crippen molar-refractivity contribution in [1.82, 2.24) is 0 Å². The van der Waals surface area contributed by atoms with Gasteiger partial charge in [0.15, 0.2) is 0 Å². The van der Waals surface area contributed by atoms with E-state index in [9.17, 15) is 0 Å². The molecule has 0 aromatic heterocycles. The molecule has 0 aromatic carbocycles. The summed E-state index contributed by atoms with van der Waals surface area (Å²) in [5, 5.41) is 0. The molecule has 0 radical (unpaired) electrons. The number of rotatable bonds is 0. The molecular formula is CH7CrF3. The number of halogens is 3. The van der Waals surface area contributed by atoms with E-state index in [0.29, 0.717) is 0 Å². The third kappa shape index (κ3) is 224. The second-order valence-electron chi connectivity index (χ2n) is 0. The summed E-state index contributed by atoms with van der Waals surface area (Å²) >= 11 is 0. The van der Waals surface area contributed by atoms with Crippen LogP contribution in [0.4, 0.5) is 14.1 Å².